The first-order chi connectivity index (χ1) is 13.3. The molecule has 1 N–H and O–H groups in total. The Bertz CT molecular complexity index is 1000. The van der Waals surface area contributed by atoms with Gasteiger partial charge in [-0.1, -0.05) is 47.6 Å². The van der Waals surface area contributed by atoms with Gasteiger partial charge in [-0.15, -0.1) is 0 Å². The smallest absolute Gasteiger partial charge is 0.117 e. The SMILES string of the molecule is CON=C(c1n[nH]c2c1C=CC(c1ccccc1)(c1ccsc1)C2)C1CC1. The van der Waals surface area contributed by atoms with Crippen LogP contribution in [0, 0.1) is 5.92 Å². The van der Waals surface area contributed by atoms with Crippen molar-refractivity contribution in [1.29, 1.82) is 0 Å². The van der Waals surface area contributed by atoms with E-state index >= 15 is 0 Å². The number of nitrogens with zero attached hydrogens (tertiary/aromatic N) is 2. The van der Waals surface area contributed by atoms with Crippen LogP contribution < -0.4 is 0 Å². The summed E-state index contributed by atoms with van der Waals surface area (Å²) in [6.45, 7) is 0. The van der Waals surface area contributed by atoms with Crippen molar-refractivity contribution in [3.05, 3.63) is 81.3 Å². The molecule has 3 aromatic rings. The molecule has 0 saturated heterocycles. The number of fused-ring (bicyclic) bond motifs is 1. The Hall–Kier alpha value is -2.66. The van der Waals surface area contributed by atoms with Crippen molar-refractivity contribution in [1.82, 2.24) is 10.2 Å². The van der Waals surface area contributed by atoms with Gasteiger partial charge in [0.1, 0.15) is 18.5 Å². The van der Waals surface area contributed by atoms with Gasteiger partial charge in [0, 0.05) is 29.0 Å². The molecule has 1 aromatic carbocycles. The number of hydrogen-bond donors (Lipinski definition) is 1. The molecule has 2 heterocycles. The van der Waals surface area contributed by atoms with Crippen LogP contribution in [0.4, 0.5) is 0 Å². The number of oxime groups is 1. The Morgan fingerprint density at radius 2 is 2.07 bits per heavy atom. The summed E-state index contributed by atoms with van der Waals surface area (Å²) in [5.74, 6) is 0.475. The van der Waals surface area contributed by atoms with Gasteiger partial charge in [-0.3, -0.25) is 5.10 Å². The molecule has 0 spiro atoms. The molecule has 0 radical (unpaired) electrons. The summed E-state index contributed by atoms with van der Waals surface area (Å²) in [6, 6.07) is 13.0. The molecule has 136 valence electrons. The number of benzene rings is 1. The summed E-state index contributed by atoms with van der Waals surface area (Å²) >= 11 is 1.74. The molecule has 4 nitrogen and oxygen atoms in total. The fourth-order valence-corrected chi connectivity index (χ4v) is 4.78. The third-order valence-corrected chi connectivity index (χ3v) is 6.28. The zero-order valence-corrected chi connectivity index (χ0v) is 16.0. The monoisotopic (exact) mass is 375 g/mol. The van der Waals surface area contributed by atoms with E-state index in [1.165, 1.54) is 11.1 Å². The lowest BCUT2D eigenvalue weighted by Crippen LogP contribution is -2.30. The van der Waals surface area contributed by atoms with Gasteiger partial charge in [-0.05, 0) is 40.8 Å². The molecule has 1 saturated carbocycles. The van der Waals surface area contributed by atoms with E-state index in [0.29, 0.717) is 5.92 Å². The highest BCUT2D eigenvalue weighted by atomic mass is 32.1. The van der Waals surface area contributed by atoms with Gasteiger partial charge < -0.3 is 4.84 Å². The molecule has 5 rings (SSSR count). The van der Waals surface area contributed by atoms with Crippen molar-refractivity contribution in [2.24, 2.45) is 11.1 Å². The molecule has 1 fully saturated rings. The van der Waals surface area contributed by atoms with E-state index in [-0.39, 0.29) is 5.41 Å². The van der Waals surface area contributed by atoms with E-state index in [1.807, 2.05) is 0 Å². The molecule has 2 aliphatic carbocycles. The number of hydrogen-bond acceptors (Lipinski definition) is 4. The first kappa shape index (κ1) is 16.5. The lowest BCUT2D eigenvalue weighted by Gasteiger charge is -2.33. The number of aromatic nitrogens is 2. The normalized spacial score (nSPS) is 21.9. The predicted molar refractivity (Wildman–Crippen MR) is 109 cm³/mol. The fraction of sp³-hybridized carbons (Fsp3) is 0.273. The van der Waals surface area contributed by atoms with Crippen molar-refractivity contribution in [3.63, 3.8) is 0 Å². The third-order valence-electron chi connectivity index (χ3n) is 5.59. The molecule has 0 aliphatic heterocycles. The van der Waals surface area contributed by atoms with Crippen LogP contribution in [-0.4, -0.2) is 23.0 Å². The van der Waals surface area contributed by atoms with Crippen LogP contribution in [0.1, 0.15) is 40.9 Å². The van der Waals surface area contributed by atoms with E-state index in [9.17, 15) is 0 Å². The largest absolute Gasteiger partial charge is 0.399 e. The Labute approximate surface area is 162 Å². The van der Waals surface area contributed by atoms with E-state index in [4.69, 9.17) is 4.84 Å². The van der Waals surface area contributed by atoms with Gasteiger partial charge in [-0.25, -0.2) is 0 Å². The first-order valence-electron chi connectivity index (χ1n) is 9.28. The van der Waals surface area contributed by atoms with E-state index in [0.717, 1.165) is 41.9 Å². The average Bonchev–Trinajstić information content (AvgIpc) is 3.24. The van der Waals surface area contributed by atoms with Crippen molar-refractivity contribution in [2.75, 3.05) is 7.11 Å². The molecule has 2 aromatic heterocycles. The zero-order valence-electron chi connectivity index (χ0n) is 15.2. The summed E-state index contributed by atoms with van der Waals surface area (Å²) in [5.41, 5.74) is 6.68. The Morgan fingerprint density at radius 1 is 1.22 bits per heavy atom. The highest BCUT2D eigenvalue weighted by Crippen LogP contribution is 2.43. The zero-order chi connectivity index (χ0) is 18.3. The van der Waals surface area contributed by atoms with Crippen LogP contribution in [0.5, 0.6) is 0 Å². The van der Waals surface area contributed by atoms with E-state index in [1.54, 1.807) is 18.4 Å². The number of H-pyrrole nitrogens is 1. The molecule has 27 heavy (non-hydrogen) atoms. The summed E-state index contributed by atoms with van der Waals surface area (Å²) in [4.78, 5) is 5.10. The average molecular weight is 375 g/mol. The van der Waals surface area contributed by atoms with Crippen LogP contribution in [0.25, 0.3) is 6.08 Å². The predicted octanol–water partition coefficient (Wildman–Crippen LogP) is 4.79. The summed E-state index contributed by atoms with van der Waals surface area (Å²) in [5, 5.41) is 16.6. The van der Waals surface area contributed by atoms with Gasteiger partial charge in [0.25, 0.3) is 0 Å². The van der Waals surface area contributed by atoms with Crippen molar-refractivity contribution in [3.8, 4) is 0 Å². The maximum absolute atomic E-state index is 5.10. The van der Waals surface area contributed by atoms with Gasteiger partial charge in [-0.2, -0.15) is 16.4 Å². The van der Waals surface area contributed by atoms with Crippen LogP contribution in [-0.2, 0) is 16.7 Å². The highest BCUT2D eigenvalue weighted by Gasteiger charge is 2.39. The molecular formula is C22H21N3OS. The number of nitrogens with one attached hydrogen (secondary N) is 1. The van der Waals surface area contributed by atoms with Gasteiger partial charge in [0.15, 0.2) is 0 Å². The molecule has 2 aliphatic rings. The molecule has 0 amide bonds. The summed E-state index contributed by atoms with van der Waals surface area (Å²) < 4.78 is 0. The lowest BCUT2D eigenvalue weighted by molar-refractivity contribution is 0.212. The second-order valence-electron chi connectivity index (χ2n) is 7.26. The minimum atomic E-state index is -0.170. The van der Waals surface area contributed by atoms with E-state index in [2.05, 4.69) is 74.7 Å². The van der Waals surface area contributed by atoms with Crippen molar-refractivity contribution in [2.45, 2.75) is 24.7 Å². The van der Waals surface area contributed by atoms with Gasteiger partial charge in [0.2, 0.25) is 0 Å². The highest BCUT2D eigenvalue weighted by molar-refractivity contribution is 7.08. The van der Waals surface area contributed by atoms with Crippen molar-refractivity contribution < 1.29 is 4.84 Å². The maximum Gasteiger partial charge on any atom is 0.117 e. The standard InChI is InChI=1S/C22H21N3OS/c1-26-25-20(15-7-8-15)21-18-9-11-22(13-19(18)23-24-21,17-10-12-27-14-17)16-5-3-2-4-6-16/h2-6,9-12,14-15H,7-8,13H2,1H3,(H,23,24). The number of thiophene rings is 1. The van der Waals surface area contributed by atoms with Crippen LogP contribution in [0.2, 0.25) is 0 Å². The number of aromatic amines is 1. The molecule has 0 bridgehead atoms. The summed E-state index contributed by atoms with van der Waals surface area (Å²) in [6.07, 6.45) is 7.74. The van der Waals surface area contributed by atoms with E-state index < -0.39 is 0 Å². The Balaban J connectivity index is 1.61. The quantitative estimate of drug-likeness (QED) is 0.515. The van der Waals surface area contributed by atoms with Crippen molar-refractivity contribution >= 4 is 23.1 Å². The lowest BCUT2D eigenvalue weighted by atomic mass is 9.69. The van der Waals surface area contributed by atoms with Crippen LogP contribution in [0.15, 0.2) is 58.4 Å². The molecule has 1 atom stereocenters. The number of rotatable bonds is 5. The minimum absolute atomic E-state index is 0.170. The fourth-order valence-electron chi connectivity index (χ4n) is 4.04. The first-order valence-corrected chi connectivity index (χ1v) is 10.2. The minimum Gasteiger partial charge on any atom is -0.399 e. The third kappa shape index (κ3) is 2.73. The Kier molecular flexibility index (Phi) is 3.97. The second-order valence-corrected chi connectivity index (χ2v) is 8.04. The van der Waals surface area contributed by atoms with Gasteiger partial charge >= 0.3 is 0 Å². The molecular weight excluding hydrogens is 354 g/mol. The molecule has 5 heteroatoms. The topological polar surface area (TPSA) is 50.3 Å². The van der Waals surface area contributed by atoms with Gasteiger partial charge in [0.05, 0.1) is 0 Å². The number of allylic oxidation sites excluding steroid dienone is 1. The van der Waals surface area contributed by atoms with Crippen LogP contribution >= 0.6 is 11.3 Å². The second kappa shape index (κ2) is 6.50. The summed E-state index contributed by atoms with van der Waals surface area (Å²) in [7, 11) is 1.61. The maximum atomic E-state index is 5.10. The van der Waals surface area contributed by atoms with Crippen LogP contribution in [0.3, 0.4) is 0 Å². The Morgan fingerprint density at radius 3 is 2.78 bits per heavy atom. The molecule has 1 unspecified atom stereocenters.